The van der Waals surface area contributed by atoms with E-state index >= 15 is 0 Å². The van der Waals surface area contributed by atoms with E-state index in [9.17, 15) is 0 Å². The van der Waals surface area contributed by atoms with Crippen LogP contribution in [0.2, 0.25) is 0 Å². The Morgan fingerprint density at radius 3 is 1.95 bits per heavy atom. The molecule has 0 aromatic heterocycles. The lowest BCUT2D eigenvalue weighted by Crippen LogP contribution is -2.25. The summed E-state index contributed by atoms with van der Waals surface area (Å²) in [7, 11) is 0. The molecule has 0 amide bonds. The van der Waals surface area contributed by atoms with Crippen molar-refractivity contribution in [3.05, 3.63) is 0 Å². The first-order chi connectivity index (χ1) is 10.3. The standard InChI is InChI=1S/C21H44O/c1-8-11-19(4)14-10-16-21(6,7)22-17-15-20(5)13-9-12-18(2)3/h18-20H,8-17H2,1-7H3. The van der Waals surface area contributed by atoms with Gasteiger partial charge in [0.2, 0.25) is 0 Å². The lowest BCUT2D eigenvalue weighted by Gasteiger charge is -2.27. The van der Waals surface area contributed by atoms with Crippen molar-refractivity contribution in [3.63, 3.8) is 0 Å². The minimum Gasteiger partial charge on any atom is -0.376 e. The van der Waals surface area contributed by atoms with Crippen LogP contribution < -0.4 is 0 Å². The molecule has 0 saturated heterocycles. The molecule has 1 nitrogen and oxygen atoms in total. The Labute approximate surface area is 141 Å². The largest absolute Gasteiger partial charge is 0.376 e. The Kier molecular flexibility index (Phi) is 12.4. The molecule has 0 heterocycles. The van der Waals surface area contributed by atoms with Crippen LogP contribution in [0.3, 0.4) is 0 Å². The van der Waals surface area contributed by atoms with Gasteiger partial charge >= 0.3 is 0 Å². The molecule has 0 N–H and O–H groups in total. The lowest BCUT2D eigenvalue weighted by molar-refractivity contribution is -0.0306. The number of ether oxygens (including phenoxy) is 1. The highest BCUT2D eigenvalue weighted by molar-refractivity contribution is 4.70. The first-order valence-electron chi connectivity index (χ1n) is 9.90. The third kappa shape index (κ3) is 13.6. The van der Waals surface area contributed by atoms with E-state index in [0.717, 1.165) is 24.4 Å². The van der Waals surface area contributed by atoms with Crippen LogP contribution in [0, 0.1) is 17.8 Å². The van der Waals surface area contributed by atoms with Gasteiger partial charge in [0.1, 0.15) is 0 Å². The van der Waals surface area contributed by atoms with Crippen LogP contribution >= 0.6 is 0 Å². The minimum absolute atomic E-state index is 0.0591. The van der Waals surface area contributed by atoms with Crippen molar-refractivity contribution in [2.75, 3.05) is 6.61 Å². The summed E-state index contributed by atoms with van der Waals surface area (Å²) in [4.78, 5) is 0. The maximum atomic E-state index is 6.17. The summed E-state index contributed by atoms with van der Waals surface area (Å²) in [6.07, 6.45) is 11.9. The topological polar surface area (TPSA) is 9.23 Å². The Bertz CT molecular complexity index is 244. The van der Waals surface area contributed by atoms with Crippen molar-refractivity contribution >= 4 is 0 Å². The van der Waals surface area contributed by atoms with Crippen molar-refractivity contribution in [1.29, 1.82) is 0 Å². The van der Waals surface area contributed by atoms with E-state index < -0.39 is 0 Å². The van der Waals surface area contributed by atoms with E-state index in [0.29, 0.717) is 0 Å². The molecular weight excluding hydrogens is 268 g/mol. The van der Waals surface area contributed by atoms with Gasteiger partial charge in [0, 0.05) is 6.61 Å². The Morgan fingerprint density at radius 2 is 1.36 bits per heavy atom. The lowest BCUT2D eigenvalue weighted by atomic mass is 9.94. The van der Waals surface area contributed by atoms with Crippen molar-refractivity contribution < 1.29 is 4.74 Å². The normalized spacial score (nSPS) is 15.3. The van der Waals surface area contributed by atoms with Gasteiger partial charge in [0.25, 0.3) is 0 Å². The summed E-state index contributed by atoms with van der Waals surface area (Å²) in [5.41, 5.74) is 0.0591. The highest BCUT2D eigenvalue weighted by Crippen LogP contribution is 2.23. The average molecular weight is 313 g/mol. The molecule has 22 heavy (non-hydrogen) atoms. The smallest absolute Gasteiger partial charge is 0.0626 e. The predicted molar refractivity (Wildman–Crippen MR) is 100 cm³/mol. The molecule has 0 aliphatic rings. The van der Waals surface area contributed by atoms with Crippen LogP contribution in [-0.4, -0.2) is 12.2 Å². The zero-order chi connectivity index (χ0) is 17.0. The van der Waals surface area contributed by atoms with Crippen LogP contribution in [-0.2, 0) is 4.74 Å². The van der Waals surface area contributed by atoms with Gasteiger partial charge in [-0.25, -0.2) is 0 Å². The molecule has 2 atom stereocenters. The summed E-state index contributed by atoms with van der Waals surface area (Å²) in [6.45, 7) is 17.1. The van der Waals surface area contributed by atoms with Crippen molar-refractivity contribution in [2.24, 2.45) is 17.8 Å². The Hall–Kier alpha value is -0.0400. The van der Waals surface area contributed by atoms with Crippen molar-refractivity contribution in [2.45, 2.75) is 112 Å². The summed E-state index contributed by atoms with van der Waals surface area (Å²) in [5.74, 6) is 2.53. The maximum absolute atomic E-state index is 6.17. The van der Waals surface area contributed by atoms with E-state index in [-0.39, 0.29) is 5.60 Å². The molecular formula is C21H44O. The van der Waals surface area contributed by atoms with Crippen molar-refractivity contribution in [1.82, 2.24) is 0 Å². The fraction of sp³-hybridized carbons (Fsp3) is 1.00. The molecule has 1 heteroatoms. The first kappa shape index (κ1) is 22.0. The molecule has 0 aliphatic heterocycles. The van der Waals surface area contributed by atoms with Gasteiger partial charge in [0.05, 0.1) is 5.60 Å². The molecule has 0 aromatic carbocycles. The van der Waals surface area contributed by atoms with Gasteiger partial charge < -0.3 is 4.74 Å². The van der Waals surface area contributed by atoms with E-state index in [1.165, 1.54) is 57.8 Å². The third-order valence-electron chi connectivity index (χ3n) is 4.84. The monoisotopic (exact) mass is 312 g/mol. The van der Waals surface area contributed by atoms with Crippen LogP contribution in [0.15, 0.2) is 0 Å². The second kappa shape index (κ2) is 12.4. The molecule has 0 rings (SSSR count). The van der Waals surface area contributed by atoms with Crippen molar-refractivity contribution in [3.8, 4) is 0 Å². The molecule has 134 valence electrons. The number of rotatable bonds is 14. The first-order valence-corrected chi connectivity index (χ1v) is 9.90. The highest BCUT2D eigenvalue weighted by Gasteiger charge is 2.18. The van der Waals surface area contributed by atoms with Gasteiger partial charge in [0.15, 0.2) is 0 Å². The summed E-state index contributed by atoms with van der Waals surface area (Å²) < 4.78 is 6.17. The zero-order valence-corrected chi connectivity index (χ0v) is 16.7. The second-order valence-corrected chi connectivity index (χ2v) is 8.61. The molecule has 0 aromatic rings. The number of hydrogen-bond acceptors (Lipinski definition) is 1. The summed E-state index contributed by atoms with van der Waals surface area (Å²) >= 11 is 0. The van der Waals surface area contributed by atoms with Gasteiger partial charge in [-0.3, -0.25) is 0 Å². The summed E-state index contributed by atoms with van der Waals surface area (Å²) in [6, 6.07) is 0. The minimum atomic E-state index is 0.0591. The van der Waals surface area contributed by atoms with E-state index in [1.807, 2.05) is 0 Å². The fourth-order valence-corrected chi connectivity index (χ4v) is 3.14. The van der Waals surface area contributed by atoms with E-state index in [1.54, 1.807) is 0 Å². The zero-order valence-electron chi connectivity index (χ0n) is 16.7. The molecule has 0 aliphatic carbocycles. The van der Waals surface area contributed by atoms with Crippen LogP contribution in [0.1, 0.15) is 106 Å². The van der Waals surface area contributed by atoms with Gasteiger partial charge in [-0.2, -0.15) is 0 Å². The Morgan fingerprint density at radius 1 is 0.773 bits per heavy atom. The predicted octanol–water partition coefficient (Wildman–Crippen LogP) is 7.24. The van der Waals surface area contributed by atoms with E-state index in [2.05, 4.69) is 48.5 Å². The fourth-order valence-electron chi connectivity index (χ4n) is 3.14. The number of hydrogen-bond donors (Lipinski definition) is 0. The highest BCUT2D eigenvalue weighted by atomic mass is 16.5. The molecule has 0 saturated carbocycles. The molecule has 0 fully saturated rings. The Balaban J connectivity index is 3.69. The van der Waals surface area contributed by atoms with Crippen LogP contribution in [0.5, 0.6) is 0 Å². The van der Waals surface area contributed by atoms with E-state index in [4.69, 9.17) is 4.74 Å². The van der Waals surface area contributed by atoms with Crippen LogP contribution in [0.25, 0.3) is 0 Å². The average Bonchev–Trinajstić information content (AvgIpc) is 2.38. The quantitative estimate of drug-likeness (QED) is 0.328. The van der Waals surface area contributed by atoms with Gasteiger partial charge in [-0.15, -0.1) is 0 Å². The third-order valence-corrected chi connectivity index (χ3v) is 4.84. The summed E-state index contributed by atoms with van der Waals surface area (Å²) in [5, 5.41) is 0. The van der Waals surface area contributed by atoms with Gasteiger partial charge in [-0.05, 0) is 44.4 Å². The second-order valence-electron chi connectivity index (χ2n) is 8.61. The van der Waals surface area contributed by atoms with Gasteiger partial charge in [-0.1, -0.05) is 79.6 Å². The molecule has 0 radical (unpaired) electrons. The maximum Gasteiger partial charge on any atom is 0.0626 e. The molecule has 0 spiro atoms. The molecule has 2 unspecified atom stereocenters. The SMILES string of the molecule is CCCC(C)CCCC(C)(C)OCCC(C)CCCC(C)C. The molecule has 0 bridgehead atoms. The van der Waals surface area contributed by atoms with Crippen LogP contribution in [0.4, 0.5) is 0 Å².